The minimum absolute atomic E-state index is 0. The highest BCUT2D eigenvalue weighted by Crippen LogP contribution is 2.25. The van der Waals surface area contributed by atoms with E-state index in [0.29, 0.717) is 6.42 Å². The first kappa shape index (κ1) is 20.2. The van der Waals surface area contributed by atoms with Gasteiger partial charge in [-0.3, -0.25) is 9.69 Å². The highest BCUT2D eigenvalue weighted by atomic mass is 35.5. The van der Waals surface area contributed by atoms with Crippen molar-refractivity contribution in [1.29, 1.82) is 0 Å². The SMILES string of the molecule is Cl.Cl.NC(Cc1ccccc1)C(=O)N1CCN(C2CCC2)CC1. The van der Waals surface area contributed by atoms with Crippen LogP contribution < -0.4 is 5.73 Å². The summed E-state index contributed by atoms with van der Waals surface area (Å²) in [4.78, 5) is 16.9. The van der Waals surface area contributed by atoms with Crippen molar-refractivity contribution in [3.63, 3.8) is 0 Å². The van der Waals surface area contributed by atoms with Gasteiger partial charge in [-0.05, 0) is 24.8 Å². The second-order valence-electron chi connectivity index (χ2n) is 6.24. The molecule has 2 aliphatic rings. The molecule has 1 aromatic rings. The average molecular weight is 360 g/mol. The summed E-state index contributed by atoms with van der Waals surface area (Å²) in [5, 5.41) is 0. The number of benzene rings is 1. The maximum Gasteiger partial charge on any atom is 0.239 e. The van der Waals surface area contributed by atoms with Gasteiger partial charge in [-0.1, -0.05) is 36.8 Å². The van der Waals surface area contributed by atoms with Crippen LogP contribution in [0.4, 0.5) is 0 Å². The molecule has 0 bridgehead atoms. The summed E-state index contributed by atoms with van der Waals surface area (Å²) >= 11 is 0. The van der Waals surface area contributed by atoms with Crippen LogP contribution in [0.3, 0.4) is 0 Å². The largest absolute Gasteiger partial charge is 0.339 e. The van der Waals surface area contributed by atoms with Crippen LogP contribution in [0.2, 0.25) is 0 Å². The first-order valence-electron chi connectivity index (χ1n) is 8.06. The molecule has 0 aromatic heterocycles. The molecule has 1 atom stereocenters. The predicted molar refractivity (Wildman–Crippen MR) is 98.4 cm³/mol. The standard InChI is InChI=1S/C17H25N3O.2ClH/c18-16(13-14-5-2-1-3-6-14)17(21)20-11-9-19(10-12-20)15-7-4-8-15;;/h1-3,5-6,15-16H,4,7-13,18H2;2*1H. The molecule has 3 rings (SSSR count). The van der Waals surface area contributed by atoms with Crippen molar-refractivity contribution in [2.45, 2.75) is 37.8 Å². The van der Waals surface area contributed by atoms with Gasteiger partial charge >= 0.3 is 0 Å². The second-order valence-corrected chi connectivity index (χ2v) is 6.24. The molecule has 1 aliphatic heterocycles. The Balaban J connectivity index is 0.00000132. The third-order valence-corrected chi connectivity index (χ3v) is 4.83. The minimum Gasteiger partial charge on any atom is -0.339 e. The molecule has 1 aromatic carbocycles. The van der Waals surface area contributed by atoms with Crippen LogP contribution in [0.15, 0.2) is 30.3 Å². The molecule has 0 radical (unpaired) electrons. The highest BCUT2D eigenvalue weighted by Gasteiger charge is 2.30. The van der Waals surface area contributed by atoms with E-state index in [2.05, 4.69) is 4.90 Å². The first-order chi connectivity index (χ1) is 10.2. The quantitative estimate of drug-likeness (QED) is 0.895. The number of hydrogen-bond acceptors (Lipinski definition) is 3. The van der Waals surface area contributed by atoms with Crippen LogP contribution in [0, 0.1) is 0 Å². The van der Waals surface area contributed by atoms with E-state index in [1.54, 1.807) is 0 Å². The normalized spacial score (nSPS) is 20.0. The van der Waals surface area contributed by atoms with Crippen LogP contribution in [0.1, 0.15) is 24.8 Å². The molecule has 2 fully saturated rings. The van der Waals surface area contributed by atoms with Gasteiger partial charge in [-0.15, -0.1) is 24.8 Å². The fourth-order valence-electron chi connectivity index (χ4n) is 3.25. The van der Waals surface area contributed by atoms with E-state index < -0.39 is 6.04 Å². The minimum atomic E-state index is -0.414. The Morgan fingerprint density at radius 1 is 1.09 bits per heavy atom. The van der Waals surface area contributed by atoms with Gasteiger partial charge in [0.1, 0.15) is 0 Å². The maximum absolute atomic E-state index is 12.4. The zero-order valence-corrected chi connectivity index (χ0v) is 15.0. The molecule has 6 heteroatoms. The van der Waals surface area contributed by atoms with E-state index in [1.807, 2.05) is 35.2 Å². The lowest BCUT2D eigenvalue weighted by Gasteiger charge is -2.43. The Labute approximate surface area is 151 Å². The Kier molecular flexibility index (Phi) is 8.34. The van der Waals surface area contributed by atoms with Gasteiger partial charge in [0.25, 0.3) is 0 Å². The maximum atomic E-state index is 12.4. The molecule has 2 N–H and O–H groups in total. The molecule has 1 aliphatic carbocycles. The van der Waals surface area contributed by atoms with Crippen molar-refractivity contribution in [2.75, 3.05) is 26.2 Å². The van der Waals surface area contributed by atoms with Crippen LogP contribution in [0.25, 0.3) is 0 Å². The summed E-state index contributed by atoms with van der Waals surface area (Å²) in [6.45, 7) is 3.68. The monoisotopic (exact) mass is 359 g/mol. The molecular weight excluding hydrogens is 333 g/mol. The lowest BCUT2D eigenvalue weighted by Crippen LogP contribution is -2.56. The third-order valence-electron chi connectivity index (χ3n) is 4.83. The van der Waals surface area contributed by atoms with E-state index in [0.717, 1.165) is 37.8 Å². The summed E-state index contributed by atoms with van der Waals surface area (Å²) in [7, 11) is 0. The van der Waals surface area contributed by atoms with Crippen molar-refractivity contribution in [1.82, 2.24) is 9.80 Å². The van der Waals surface area contributed by atoms with Gasteiger partial charge in [0.15, 0.2) is 0 Å². The van der Waals surface area contributed by atoms with Crippen molar-refractivity contribution in [3.8, 4) is 0 Å². The van der Waals surface area contributed by atoms with Gasteiger partial charge in [0, 0.05) is 32.2 Å². The molecular formula is C17H27Cl2N3O. The van der Waals surface area contributed by atoms with Gasteiger partial charge < -0.3 is 10.6 Å². The molecule has 130 valence electrons. The summed E-state index contributed by atoms with van der Waals surface area (Å²) < 4.78 is 0. The predicted octanol–water partition coefficient (Wildman–Crippen LogP) is 2.10. The molecule has 23 heavy (non-hydrogen) atoms. The van der Waals surface area contributed by atoms with Crippen molar-refractivity contribution < 1.29 is 4.79 Å². The Morgan fingerprint density at radius 2 is 1.70 bits per heavy atom. The van der Waals surface area contributed by atoms with E-state index in [1.165, 1.54) is 19.3 Å². The molecule has 4 nitrogen and oxygen atoms in total. The van der Waals surface area contributed by atoms with E-state index in [9.17, 15) is 4.79 Å². The third kappa shape index (κ3) is 5.08. The van der Waals surface area contributed by atoms with Crippen molar-refractivity contribution in [3.05, 3.63) is 35.9 Å². The zero-order chi connectivity index (χ0) is 14.7. The van der Waals surface area contributed by atoms with Gasteiger partial charge in [0.05, 0.1) is 6.04 Å². The zero-order valence-electron chi connectivity index (χ0n) is 13.4. The van der Waals surface area contributed by atoms with Crippen molar-refractivity contribution in [2.24, 2.45) is 5.73 Å². The van der Waals surface area contributed by atoms with Gasteiger partial charge in [-0.25, -0.2) is 0 Å². The van der Waals surface area contributed by atoms with Crippen LogP contribution in [-0.4, -0.2) is 54.0 Å². The lowest BCUT2D eigenvalue weighted by molar-refractivity contribution is -0.134. The first-order valence-corrected chi connectivity index (χ1v) is 8.06. The summed E-state index contributed by atoms with van der Waals surface area (Å²) in [5.74, 6) is 0.104. The Bertz CT molecular complexity index is 474. The molecule has 1 unspecified atom stereocenters. The summed E-state index contributed by atoms with van der Waals surface area (Å²) in [6.07, 6.45) is 4.66. The van der Waals surface area contributed by atoms with Crippen LogP contribution in [-0.2, 0) is 11.2 Å². The molecule has 1 saturated carbocycles. The fraction of sp³-hybridized carbons (Fsp3) is 0.588. The highest BCUT2D eigenvalue weighted by molar-refractivity contribution is 5.85. The Morgan fingerprint density at radius 3 is 2.22 bits per heavy atom. The average Bonchev–Trinajstić information content (AvgIpc) is 2.46. The molecule has 1 saturated heterocycles. The number of amides is 1. The van der Waals surface area contributed by atoms with Crippen LogP contribution in [0.5, 0.6) is 0 Å². The molecule has 0 spiro atoms. The summed E-state index contributed by atoms with van der Waals surface area (Å²) in [5.41, 5.74) is 7.24. The van der Waals surface area contributed by atoms with E-state index in [-0.39, 0.29) is 30.7 Å². The van der Waals surface area contributed by atoms with E-state index in [4.69, 9.17) is 5.73 Å². The van der Waals surface area contributed by atoms with Crippen molar-refractivity contribution >= 4 is 30.7 Å². The number of nitrogens with zero attached hydrogens (tertiary/aromatic N) is 2. The van der Waals surface area contributed by atoms with Gasteiger partial charge in [0.2, 0.25) is 5.91 Å². The Hall–Kier alpha value is -0.810. The number of carbonyl (C=O) groups excluding carboxylic acids is 1. The number of halogens is 2. The molecule has 1 heterocycles. The molecule has 1 amide bonds. The van der Waals surface area contributed by atoms with Crippen LogP contribution >= 0.6 is 24.8 Å². The summed E-state index contributed by atoms with van der Waals surface area (Å²) in [6, 6.07) is 10.4. The topological polar surface area (TPSA) is 49.6 Å². The smallest absolute Gasteiger partial charge is 0.239 e. The number of carbonyl (C=O) groups is 1. The number of hydrogen-bond donors (Lipinski definition) is 1. The second kappa shape index (κ2) is 9.48. The number of nitrogens with two attached hydrogens (primary N) is 1. The number of rotatable bonds is 4. The lowest BCUT2D eigenvalue weighted by atomic mass is 9.91. The number of piperazine rings is 1. The fourth-order valence-corrected chi connectivity index (χ4v) is 3.25. The van der Waals surface area contributed by atoms with Gasteiger partial charge in [-0.2, -0.15) is 0 Å². The van der Waals surface area contributed by atoms with E-state index >= 15 is 0 Å².